The van der Waals surface area contributed by atoms with Gasteiger partial charge in [-0.3, -0.25) is 4.98 Å². The Hall–Kier alpha value is -2.19. The molecule has 4 nitrogen and oxygen atoms in total. The van der Waals surface area contributed by atoms with Gasteiger partial charge in [0.15, 0.2) is 0 Å². The largest absolute Gasteiger partial charge is 0.483 e. The SMILES string of the molecule is N#C/N=C1\CC(c2ccccn2)Oc2ccc(Br)cc21. The summed E-state index contributed by atoms with van der Waals surface area (Å²) in [5.74, 6) is 0.726. The van der Waals surface area contributed by atoms with Crippen molar-refractivity contribution in [2.45, 2.75) is 12.5 Å². The van der Waals surface area contributed by atoms with Crippen molar-refractivity contribution in [3.63, 3.8) is 0 Å². The molecule has 0 fully saturated rings. The van der Waals surface area contributed by atoms with Gasteiger partial charge in [-0.05, 0) is 30.3 Å². The molecule has 0 saturated carbocycles. The third-order valence-electron chi connectivity index (χ3n) is 3.10. The topological polar surface area (TPSA) is 58.3 Å². The first-order valence-corrected chi connectivity index (χ1v) is 6.90. The second-order valence-electron chi connectivity index (χ2n) is 4.36. The number of hydrogen-bond acceptors (Lipinski definition) is 4. The van der Waals surface area contributed by atoms with Crippen LogP contribution in [0.4, 0.5) is 0 Å². The van der Waals surface area contributed by atoms with Crippen LogP contribution in [-0.2, 0) is 0 Å². The van der Waals surface area contributed by atoms with E-state index < -0.39 is 0 Å². The zero-order valence-electron chi connectivity index (χ0n) is 10.5. The minimum atomic E-state index is -0.211. The number of nitrogens with zero attached hydrogens (tertiary/aromatic N) is 3. The van der Waals surface area contributed by atoms with Gasteiger partial charge in [0.1, 0.15) is 11.9 Å². The first kappa shape index (κ1) is 12.8. The standard InChI is InChI=1S/C15H10BrN3O/c16-10-4-5-14-11(7-10)13(19-9-17)8-15(20-14)12-3-1-2-6-18-12/h1-7,15H,8H2/b19-13+. The van der Waals surface area contributed by atoms with E-state index in [0.29, 0.717) is 6.42 Å². The van der Waals surface area contributed by atoms with E-state index in [0.717, 1.165) is 27.2 Å². The molecule has 20 heavy (non-hydrogen) atoms. The summed E-state index contributed by atoms with van der Waals surface area (Å²) < 4.78 is 6.91. The molecule has 1 aromatic carbocycles. The summed E-state index contributed by atoms with van der Waals surface area (Å²) in [4.78, 5) is 8.25. The first-order chi connectivity index (χ1) is 9.78. The van der Waals surface area contributed by atoms with Gasteiger partial charge in [-0.15, -0.1) is 0 Å². The van der Waals surface area contributed by atoms with Crippen LogP contribution in [0.15, 0.2) is 52.1 Å². The molecule has 2 aromatic rings. The van der Waals surface area contributed by atoms with Gasteiger partial charge < -0.3 is 4.74 Å². The zero-order valence-corrected chi connectivity index (χ0v) is 12.0. The summed E-state index contributed by atoms with van der Waals surface area (Å²) in [6, 6.07) is 11.4. The van der Waals surface area contributed by atoms with Crippen LogP contribution < -0.4 is 4.74 Å². The highest BCUT2D eigenvalue weighted by atomic mass is 79.9. The van der Waals surface area contributed by atoms with Crippen molar-refractivity contribution < 1.29 is 4.74 Å². The monoisotopic (exact) mass is 327 g/mol. The van der Waals surface area contributed by atoms with E-state index in [-0.39, 0.29) is 6.10 Å². The molecular formula is C15H10BrN3O. The molecule has 3 rings (SSSR count). The van der Waals surface area contributed by atoms with E-state index >= 15 is 0 Å². The molecule has 1 unspecified atom stereocenters. The average molecular weight is 328 g/mol. The molecule has 0 radical (unpaired) electrons. The lowest BCUT2D eigenvalue weighted by Crippen LogP contribution is -2.21. The predicted octanol–water partition coefficient (Wildman–Crippen LogP) is 3.64. The van der Waals surface area contributed by atoms with Crippen LogP contribution in [0.1, 0.15) is 23.8 Å². The van der Waals surface area contributed by atoms with Crippen molar-refractivity contribution in [1.82, 2.24) is 4.98 Å². The Bertz CT molecular complexity index is 707. The number of nitriles is 1. The number of rotatable bonds is 1. The second kappa shape index (κ2) is 5.43. The third-order valence-corrected chi connectivity index (χ3v) is 3.60. The summed E-state index contributed by atoms with van der Waals surface area (Å²) in [7, 11) is 0. The van der Waals surface area contributed by atoms with Crippen LogP contribution in [0.5, 0.6) is 5.75 Å². The smallest absolute Gasteiger partial charge is 0.205 e. The van der Waals surface area contributed by atoms with Gasteiger partial charge in [0.05, 0.1) is 11.4 Å². The normalized spacial score (nSPS) is 19.0. The molecule has 1 aliphatic rings. The molecule has 5 heteroatoms. The second-order valence-corrected chi connectivity index (χ2v) is 5.28. The fourth-order valence-electron chi connectivity index (χ4n) is 2.21. The molecule has 1 aliphatic heterocycles. The van der Waals surface area contributed by atoms with Crippen LogP contribution in [0, 0.1) is 11.5 Å². The highest BCUT2D eigenvalue weighted by Crippen LogP contribution is 2.36. The van der Waals surface area contributed by atoms with Crippen LogP contribution in [0.3, 0.4) is 0 Å². The van der Waals surface area contributed by atoms with Crippen LogP contribution in [0.25, 0.3) is 0 Å². The van der Waals surface area contributed by atoms with Crippen molar-refractivity contribution in [3.05, 3.63) is 58.3 Å². The van der Waals surface area contributed by atoms with Gasteiger partial charge in [0.2, 0.25) is 6.19 Å². The number of ether oxygens (including phenoxy) is 1. The van der Waals surface area contributed by atoms with E-state index in [1.807, 2.05) is 42.6 Å². The van der Waals surface area contributed by atoms with Crippen molar-refractivity contribution in [2.75, 3.05) is 0 Å². The Morgan fingerprint density at radius 3 is 3.00 bits per heavy atom. The quantitative estimate of drug-likeness (QED) is 0.751. The van der Waals surface area contributed by atoms with Gasteiger partial charge in [0.25, 0.3) is 0 Å². The van der Waals surface area contributed by atoms with E-state index in [1.165, 1.54) is 0 Å². The molecule has 0 bridgehead atoms. The maximum Gasteiger partial charge on any atom is 0.205 e. The van der Waals surface area contributed by atoms with Crippen molar-refractivity contribution in [1.29, 1.82) is 5.26 Å². The summed E-state index contributed by atoms with van der Waals surface area (Å²) in [5, 5.41) is 8.86. The Balaban J connectivity index is 2.04. The highest BCUT2D eigenvalue weighted by Gasteiger charge is 2.27. The van der Waals surface area contributed by atoms with E-state index in [9.17, 15) is 0 Å². The average Bonchev–Trinajstić information content (AvgIpc) is 2.49. The van der Waals surface area contributed by atoms with E-state index in [1.54, 1.807) is 6.20 Å². The Labute approximate surface area is 124 Å². The number of aromatic nitrogens is 1. The zero-order chi connectivity index (χ0) is 13.9. The molecule has 0 aliphatic carbocycles. The minimum absolute atomic E-state index is 0.211. The number of fused-ring (bicyclic) bond motifs is 1. The molecule has 1 atom stereocenters. The molecular weight excluding hydrogens is 318 g/mol. The third kappa shape index (κ3) is 2.43. The Morgan fingerprint density at radius 2 is 2.25 bits per heavy atom. The van der Waals surface area contributed by atoms with Crippen LogP contribution in [-0.4, -0.2) is 10.7 Å². The lowest BCUT2D eigenvalue weighted by molar-refractivity contribution is 0.201. The van der Waals surface area contributed by atoms with Gasteiger partial charge in [-0.25, -0.2) is 0 Å². The van der Waals surface area contributed by atoms with Gasteiger partial charge in [0, 0.05) is 22.7 Å². The predicted molar refractivity (Wildman–Crippen MR) is 78.5 cm³/mol. The van der Waals surface area contributed by atoms with Gasteiger partial charge in [-0.1, -0.05) is 22.0 Å². The summed E-state index contributed by atoms with van der Waals surface area (Å²) >= 11 is 3.42. The number of pyridine rings is 1. The van der Waals surface area contributed by atoms with E-state index in [2.05, 4.69) is 25.9 Å². The molecule has 1 aromatic heterocycles. The fourth-order valence-corrected chi connectivity index (χ4v) is 2.57. The maximum atomic E-state index is 8.86. The van der Waals surface area contributed by atoms with Crippen molar-refractivity contribution in [3.8, 4) is 11.9 Å². The molecule has 2 heterocycles. The minimum Gasteiger partial charge on any atom is -0.483 e. The Kier molecular flexibility index (Phi) is 3.48. The fraction of sp³-hybridized carbons (Fsp3) is 0.133. The Morgan fingerprint density at radius 1 is 1.35 bits per heavy atom. The lowest BCUT2D eigenvalue weighted by Gasteiger charge is -2.26. The lowest BCUT2D eigenvalue weighted by atomic mass is 9.98. The van der Waals surface area contributed by atoms with E-state index in [4.69, 9.17) is 10.00 Å². The summed E-state index contributed by atoms with van der Waals surface area (Å²) in [6.07, 6.45) is 3.92. The number of aliphatic imine (C=N–C) groups is 1. The van der Waals surface area contributed by atoms with Gasteiger partial charge in [-0.2, -0.15) is 10.3 Å². The van der Waals surface area contributed by atoms with Gasteiger partial charge >= 0.3 is 0 Å². The van der Waals surface area contributed by atoms with Crippen LogP contribution in [0.2, 0.25) is 0 Å². The molecule has 0 N–H and O–H groups in total. The van der Waals surface area contributed by atoms with Crippen molar-refractivity contribution >= 4 is 21.6 Å². The maximum absolute atomic E-state index is 8.86. The molecule has 0 saturated heterocycles. The van der Waals surface area contributed by atoms with Crippen LogP contribution >= 0.6 is 15.9 Å². The highest BCUT2D eigenvalue weighted by molar-refractivity contribution is 9.10. The summed E-state index contributed by atoms with van der Waals surface area (Å²) in [5.41, 5.74) is 2.42. The van der Waals surface area contributed by atoms with Crippen molar-refractivity contribution in [2.24, 2.45) is 4.99 Å². The summed E-state index contributed by atoms with van der Waals surface area (Å²) in [6.45, 7) is 0. The molecule has 98 valence electrons. The first-order valence-electron chi connectivity index (χ1n) is 6.11. The number of hydrogen-bond donors (Lipinski definition) is 0. The molecule has 0 amide bonds. The molecule has 0 spiro atoms. The number of halogens is 1. The number of benzene rings is 1.